The normalized spacial score (nSPS) is 11.7. The lowest BCUT2D eigenvalue weighted by Gasteiger charge is -2.11. The van der Waals surface area contributed by atoms with Gasteiger partial charge in [-0.3, -0.25) is 0 Å². The molecule has 0 aliphatic heterocycles. The summed E-state index contributed by atoms with van der Waals surface area (Å²) in [4.78, 5) is 0.252. The standard InChI is InChI=1S/C25H26ClN3O3S/c26-21-7-4-6-20(18-21)19-28-14-13-27-15-17-32-25-11-5-10-24-23(25)12-16-29(24)33(30,31)22-8-2-1-3-9-22/h1-12,16,18,27-28H,13-15,17,19H2. The van der Waals surface area contributed by atoms with Crippen molar-refractivity contribution in [2.45, 2.75) is 11.4 Å². The maximum absolute atomic E-state index is 13.0. The molecule has 0 aliphatic carbocycles. The quantitative estimate of drug-likeness (QED) is 0.311. The zero-order valence-corrected chi connectivity index (χ0v) is 19.6. The van der Waals surface area contributed by atoms with Gasteiger partial charge in [0.2, 0.25) is 0 Å². The Bertz CT molecular complexity index is 1310. The fourth-order valence-electron chi connectivity index (χ4n) is 3.57. The fraction of sp³-hybridized carbons (Fsp3) is 0.200. The number of nitrogens with one attached hydrogen (secondary N) is 2. The second-order valence-corrected chi connectivity index (χ2v) is 9.78. The largest absolute Gasteiger partial charge is 0.492 e. The third-order valence-corrected chi connectivity index (χ3v) is 7.13. The van der Waals surface area contributed by atoms with Crippen LogP contribution in [0.5, 0.6) is 5.75 Å². The summed E-state index contributed by atoms with van der Waals surface area (Å²) in [5.74, 6) is 0.662. The molecule has 0 aliphatic rings. The summed E-state index contributed by atoms with van der Waals surface area (Å²) >= 11 is 6.00. The van der Waals surface area contributed by atoms with Crippen LogP contribution in [-0.4, -0.2) is 38.6 Å². The number of aromatic nitrogens is 1. The Morgan fingerprint density at radius 2 is 1.64 bits per heavy atom. The Kier molecular flexibility index (Phi) is 7.67. The van der Waals surface area contributed by atoms with Gasteiger partial charge in [0.15, 0.2) is 0 Å². The molecule has 4 aromatic rings. The molecule has 4 rings (SSSR count). The van der Waals surface area contributed by atoms with E-state index in [2.05, 4.69) is 10.6 Å². The van der Waals surface area contributed by atoms with Gasteiger partial charge < -0.3 is 15.4 Å². The van der Waals surface area contributed by atoms with Crippen molar-refractivity contribution in [3.8, 4) is 5.75 Å². The molecule has 2 N–H and O–H groups in total. The first-order valence-corrected chi connectivity index (χ1v) is 12.6. The molecule has 3 aromatic carbocycles. The SMILES string of the molecule is O=S(=O)(c1ccccc1)n1ccc2c(OCCNCCNCc3cccc(Cl)c3)cccc21. The minimum Gasteiger partial charge on any atom is -0.492 e. The van der Waals surface area contributed by atoms with Crippen molar-refractivity contribution in [1.29, 1.82) is 0 Å². The van der Waals surface area contributed by atoms with E-state index in [9.17, 15) is 8.42 Å². The average molecular weight is 484 g/mol. The van der Waals surface area contributed by atoms with Gasteiger partial charge in [-0.2, -0.15) is 0 Å². The number of halogens is 1. The lowest BCUT2D eigenvalue weighted by molar-refractivity contribution is 0.317. The van der Waals surface area contributed by atoms with Crippen molar-refractivity contribution >= 4 is 32.5 Å². The van der Waals surface area contributed by atoms with E-state index < -0.39 is 10.0 Å². The predicted octanol–water partition coefficient (Wildman–Crippen LogP) is 4.29. The second kappa shape index (κ2) is 10.9. The summed E-state index contributed by atoms with van der Waals surface area (Å²) in [7, 11) is -3.67. The van der Waals surface area contributed by atoms with E-state index in [-0.39, 0.29) is 4.90 Å². The number of hydrogen-bond donors (Lipinski definition) is 2. The molecule has 6 nitrogen and oxygen atoms in total. The van der Waals surface area contributed by atoms with Gasteiger partial charge in [0.25, 0.3) is 10.0 Å². The number of nitrogens with zero attached hydrogens (tertiary/aromatic N) is 1. The molecule has 0 spiro atoms. The van der Waals surface area contributed by atoms with Crippen LogP contribution in [0.1, 0.15) is 5.56 Å². The Hall–Kier alpha value is -2.84. The van der Waals surface area contributed by atoms with E-state index in [1.807, 2.05) is 36.4 Å². The fourth-order valence-corrected chi connectivity index (χ4v) is 5.15. The number of benzene rings is 3. The molecule has 0 unspecified atom stereocenters. The summed E-state index contributed by atoms with van der Waals surface area (Å²) in [6.45, 7) is 3.55. The molecule has 0 fully saturated rings. The van der Waals surface area contributed by atoms with Gasteiger partial charge in [-0.25, -0.2) is 12.4 Å². The maximum atomic E-state index is 13.0. The summed E-state index contributed by atoms with van der Waals surface area (Å²) < 4.78 is 33.3. The summed E-state index contributed by atoms with van der Waals surface area (Å²) in [6.07, 6.45) is 1.57. The van der Waals surface area contributed by atoms with Crippen LogP contribution in [0.3, 0.4) is 0 Å². The van der Waals surface area contributed by atoms with Gasteiger partial charge in [-0.05, 0) is 48.0 Å². The third kappa shape index (κ3) is 5.75. The minimum absolute atomic E-state index is 0.252. The number of rotatable bonds is 11. The van der Waals surface area contributed by atoms with E-state index in [1.54, 1.807) is 48.7 Å². The van der Waals surface area contributed by atoms with Crippen LogP contribution in [-0.2, 0) is 16.6 Å². The molecular formula is C25H26ClN3O3S. The lowest BCUT2D eigenvalue weighted by Crippen LogP contribution is -2.29. The highest BCUT2D eigenvalue weighted by Gasteiger charge is 2.19. The van der Waals surface area contributed by atoms with Crippen LogP contribution < -0.4 is 15.4 Å². The molecule has 0 saturated heterocycles. The highest BCUT2D eigenvalue weighted by Crippen LogP contribution is 2.29. The zero-order chi connectivity index (χ0) is 23.1. The molecule has 33 heavy (non-hydrogen) atoms. The van der Waals surface area contributed by atoms with E-state index in [0.717, 1.165) is 35.6 Å². The Balaban J connectivity index is 1.27. The van der Waals surface area contributed by atoms with Gasteiger partial charge in [0, 0.05) is 42.8 Å². The first kappa shape index (κ1) is 23.3. The first-order chi connectivity index (χ1) is 16.1. The highest BCUT2D eigenvalue weighted by molar-refractivity contribution is 7.90. The Morgan fingerprint density at radius 3 is 2.45 bits per heavy atom. The molecule has 0 bridgehead atoms. The van der Waals surface area contributed by atoms with Crippen LogP contribution in [0.2, 0.25) is 5.02 Å². The van der Waals surface area contributed by atoms with Crippen molar-refractivity contribution < 1.29 is 13.2 Å². The minimum atomic E-state index is -3.67. The molecule has 172 valence electrons. The van der Waals surface area contributed by atoms with Gasteiger partial charge in [-0.15, -0.1) is 0 Å². The smallest absolute Gasteiger partial charge is 0.268 e. The van der Waals surface area contributed by atoms with Crippen LogP contribution in [0.25, 0.3) is 10.9 Å². The molecule has 0 saturated carbocycles. The van der Waals surface area contributed by atoms with Gasteiger partial charge in [-0.1, -0.05) is 48.0 Å². The molecule has 0 amide bonds. The van der Waals surface area contributed by atoms with Crippen molar-refractivity contribution in [1.82, 2.24) is 14.6 Å². The molecule has 1 heterocycles. The Morgan fingerprint density at radius 1 is 0.848 bits per heavy atom. The average Bonchev–Trinajstić information content (AvgIpc) is 3.27. The van der Waals surface area contributed by atoms with Crippen LogP contribution in [0.4, 0.5) is 0 Å². The number of hydrogen-bond acceptors (Lipinski definition) is 5. The van der Waals surface area contributed by atoms with E-state index in [4.69, 9.17) is 16.3 Å². The predicted molar refractivity (Wildman–Crippen MR) is 132 cm³/mol. The molecule has 0 atom stereocenters. The molecule has 1 aromatic heterocycles. The monoisotopic (exact) mass is 483 g/mol. The van der Waals surface area contributed by atoms with Crippen molar-refractivity contribution in [3.05, 3.63) is 95.6 Å². The van der Waals surface area contributed by atoms with Crippen LogP contribution in [0, 0.1) is 0 Å². The maximum Gasteiger partial charge on any atom is 0.268 e. The van der Waals surface area contributed by atoms with E-state index >= 15 is 0 Å². The third-order valence-electron chi connectivity index (χ3n) is 5.19. The summed E-state index contributed by atoms with van der Waals surface area (Å²) in [5.41, 5.74) is 1.75. The number of fused-ring (bicyclic) bond motifs is 1. The lowest BCUT2D eigenvalue weighted by atomic mass is 10.2. The topological polar surface area (TPSA) is 72.4 Å². The number of ether oxygens (including phenoxy) is 1. The summed E-state index contributed by atoms with van der Waals surface area (Å²) in [6, 6.07) is 23.4. The molecule has 0 radical (unpaired) electrons. The van der Waals surface area contributed by atoms with Gasteiger partial charge in [0.1, 0.15) is 12.4 Å². The summed E-state index contributed by atoms with van der Waals surface area (Å²) in [5, 5.41) is 8.22. The first-order valence-electron chi connectivity index (χ1n) is 10.7. The van der Waals surface area contributed by atoms with Crippen molar-refractivity contribution in [2.24, 2.45) is 0 Å². The Labute approximate surface area is 199 Å². The highest BCUT2D eigenvalue weighted by atomic mass is 35.5. The van der Waals surface area contributed by atoms with Crippen LogP contribution in [0.15, 0.2) is 90.0 Å². The zero-order valence-electron chi connectivity index (χ0n) is 18.1. The van der Waals surface area contributed by atoms with Crippen molar-refractivity contribution in [2.75, 3.05) is 26.2 Å². The molecular weight excluding hydrogens is 458 g/mol. The van der Waals surface area contributed by atoms with Crippen molar-refractivity contribution in [3.63, 3.8) is 0 Å². The molecule has 8 heteroatoms. The van der Waals surface area contributed by atoms with E-state index in [1.165, 1.54) is 3.97 Å². The van der Waals surface area contributed by atoms with Crippen LogP contribution >= 0.6 is 11.6 Å². The van der Waals surface area contributed by atoms with Gasteiger partial charge in [0.05, 0.1) is 10.4 Å². The van der Waals surface area contributed by atoms with E-state index in [0.29, 0.717) is 24.4 Å². The second-order valence-electron chi connectivity index (χ2n) is 7.52. The van der Waals surface area contributed by atoms with Gasteiger partial charge >= 0.3 is 0 Å².